The summed E-state index contributed by atoms with van der Waals surface area (Å²) in [5.41, 5.74) is 6.21. The van der Waals surface area contributed by atoms with E-state index >= 15 is 0 Å². The minimum atomic E-state index is 0. The van der Waals surface area contributed by atoms with E-state index in [1.165, 1.54) is 0 Å². The van der Waals surface area contributed by atoms with Crippen LogP contribution in [0.4, 0.5) is 0 Å². The first-order valence-corrected chi connectivity index (χ1v) is 6.43. The van der Waals surface area contributed by atoms with Crippen molar-refractivity contribution in [3.05, 3.63) is 0 Å². The van der Waals surface area contributed by atoms with Crippen LogP contribution in [0.2, 0.25) is 0 Å². The largest absolute Gasteiger partial charge is 0.342 e. The lowest BCUT2D eigenvalue weighted by molar-refractivity contribution is -0.132. The van der Waals surface area contributed by atoms with Gasteiger partial charge in [-0.05, 0) is 36.6 Å². The molecule has 3 nitrogen and oxygen atoms in total. The van der Waals surface area contributed by atoms with Gasteiger partial charge in [-0.25, -0.2) is 0 Å². The van der Waals surface area contributed by atoms with E-state index in [0.29, 0.717) is 17.9 Å². The lowest BCUT2D eigenvalue weighted by Gasteiger charge is -2.23. The summed E-state index contributed by atoms with van der Waals surface area (Å²) in [7, 11) is 0. The second kappa shape index (κ2) is 4.77. The minimum Gasteiger partial charge on any atom is -0.342 e. The molecule has 4 heteroatoms. The van der Waals surface area contributed by atoms with Crippen LogP contribution >= 0.6 is 12.4 Å². The topological polar surface area (TPSA) is 46.3 Å². The maximum Gasteiger partial charge on any atom is 0.226 e. The normalized spacial score (nSPS) is 40.0. The van der Waals surface area contributed by atoms with E-state index in [2.05, 4.69) is 20.8 Å². The van der Waals surface area contributed by atoms with Gasteiger partial charge in [0.15, 0.2) is 0 Å². The van der Waals surface area contributed by atoms with Crippen molar-refractivity contribution in [2.24, 2.45) is 22.5 Å². The molecular weight excluding hydrogens is 236 g/mol. The van der Waals surface area contributed by atoms with Gasteiger partial charge in [-0.1, -0.05) is 20.8 Å². The van der Waals surface area contributed by atoms with Gasteiger partial charge in [-0.15, -0.1) is 12.4 Å². The quantitative estimate of drug-likeness (QED) is 0.844. The second-order valence-electron chi connectivity index (χ2n) is 6.29. The zero-order valence-corrected chi connectivity index (χ0v) is 12.0. The summed E-state index contributed by atoms with van der Waals surface area (Å²) < 4.78 is 0. The Morgan fingerprint density at radius 1 is 1.47 bits per heavy atom. The van der Waals surface area contributed by atoms with Gasteiger partial charge >= 0.3 is 0 Å². The molecule has 1 aliphatic carbocycles. The van der Waals surface area contributed by atoms with E-state index in [1.807, 2.05) is 4.90 Å². The van der Waals surface area contributed by atoms with E-state index in [4.69, 9.17) is 5.73 Å². The molecule has 2 fully saturated rings. The average Bonchev–Trinajstić information content (AvgIpc) is 2.80. The SMILES string of the molecule is CCC1(C)CC1C(=O)N1CCC(C)(CN)C1.Cl. The second-order valence-corrected chi connectivity index (χ2v) is 6.29. The number of nitrogens with zero attached hydrogens (tertiary/aromatic N) is 1. The Hall–Kier alpha value is -0.280. The lowest BCUT2D eigenvalue weighted by Crippen LogP contribution is -2.36. The van der Waals surface area contributed by atoms with Crippen LogP contribution in [0.1, 0.15) is 40.0 Å². The van der Waals surface area contributed by atoms with E-state index in [1.54, 1.807) is 0 Å². The fraction of sp³-hybridized carbons (Fsp3) is 0.923. The van der Waals surface area contributed by atoms with Crippen LogP contribution < -0.4 is 5.73 Å². The highest BCUT2D eigenvalue weighted by Gasteiger charge is 2.55. The molecule has 0 bridgehead atoms. The third kappa shape index (κ3) is 2.60. The number of nitrogens with two attached hydrogens (primary N) is 1. The van der Waals surface area contributed by atoms with Crippen molar-refractivity contribution in [1.82, 2.24) is 4.90 Å². The first kappa shape index (κ1) is 14.8. The Kier molecular flexibility index (Phi) is 4.15. The molecule has 3 unspecified atom stereocenters. The zero-order chi connectivity index (χ0) is 12.0. The molecule has 1 aliphatic heterocycles. The van der Waals surface area contributed by atoms with Crippen molar-refractivity contribution < 1.29 is 4.79 Å². The van der Waals surface area contributed by atoms with E-state index < -0.39 is 0 Å². The monoisotopic (exact) mass is 260 g/mol. The third-order valence-corrected chi connectivity index (χ3v) is 4.82. The molecule has 2 N–H and O–H groups in total. The number of carbonyl (C=O) groups excluding carboxylic acids is 1. The molecule has 1 heterocycles. The van der Waals surface area contributed by atoms with Gasteiger partial charge in [0, 0.05) is 19.0 Å². The molecule has 0 spiro atoms. The molecule has 2 aliphatic rings. The molecular formula is C13H25ClN2O. The molecule has 1 saturated carbocycles. The van der Waals surface area contributed by atoms with Crippen molar-refractivity contribution >= 4 is 18.3 Å². The number of halogens is 1. The summed E-state index contributed by atoms with van der Waals surface area (Å²) in [6.07, 6.45) is 3.26. The summed E-state index contributed by atoms with van der Waals surface area (Å²) in [6.45, 7) is 9.05. The standard InChI is InChI=1S/C13H24N2O.ClH/c1-4-13(3)7-10(13)11(16)15-6-5-12(2,8-14)9-15;/h10H,4-9,14H2,1-3H3;1H. The number of likely N-dealkylation sites (tertiary alicyclic amines) is 1. The van der Waals surface area contributed by atoms with Gasteiger partial charge in [0.2, 0.25) is 5.91 Å². The fourth-order valence-electron chi connectivity index (χ4n) is 2.78. The Labute approximate surface area is 111 Å². The molecule has 1 saturated heterocycles. The Balaban J connectivity index is 0.00000144. The van der Waals surface area contributed by atoms with Crippen molar-refractivity contribution in [3.63, 3.8) is 0 Å². The van der Waals surface area contributed by atoms with Crippen molar-refractivity contribution in [3.8, 4) is 0 Å². The molecule has 0 radical (unpaired) electrons. The first-order chi connectivity index (χ1) is 7.44. The first-order valence-electron chi connectivity index (χ1n) is 6.43. The van der Waals surface area contributed by atoms with Crippen molar-refractivity contribution in [2.45, 2.75) is 40.0 Å². The van der Waals surface area contributed by atoms with Crippen LogP contribution in [0.3, 0.4) is 0 Å². The maximum absolute atomic E-state index is 12.3. The van der Waals surface area contributed by atoms with E-state index in [9.17, 15) is 4.79 Å². The molecule has 2 rings (SSSR count). The van der Waals surface area contributed by atoms with Gasteiger partial charge in [-0.3, -0.25) is 4.79 Å². The molecule has 0 aromatic heterocycles. The number of amides is 1. The molecule has 0 aromatic carbocycles. The summed E-state index contributed by atoms with van der Waals surface area (Å²) in [5.74, 6) is 0.666. The predicted octanol–water partition coefficient (Wildman–Crippen LogP) is 2.04. The van der Waals surface area contributed by atoms with E-state index in [0.717, 1.165) is 32.4 Å². The molecule has 100 valence electrons. The van der Waals surface area contributed by atoms with Gasteiger partial charge in [0.25, 0.3) is 0 Å². The zero-order valence-electron chi connectivity index (χ0n) is 11.2. The fourth-order valence-corrected chi connectivity index (χ4v) is 2.78. The molecule has 3 atom stereocenters. The molecule has 1 amide bonds. The van der Waals surface area contributed by atoms with Crippen molar-refractivity contribution in [2.75, 3.05) is 19.6 Å². The van der Waals surface area contributed by atoms with Crippen LogP contribution in [-0.4, -0.2) is 30.4 Å². The maximum atomic E-state index is 12.3. The highest BCUT2D eigenvalue weighted by molar-refractivity contribution is 5.85. The summed E-state index contributed by atoms with van der Waals surface area (Å²) in [4.78, 5) is 14.3. The smallest absolute Gasteiger partial charge is 0.226 e. The highest BCUT2D eigenvalue weighted by atomic mass is 35.5. The van der Waals surface area contributed by atoms with Crippen LogP contribution in [-0.2, 0) is 4.79 Å². The molecule has 0 aromatic rings. The van der Waals surface area contributed by atoms with Crippen molar-refractivity contribution in [1.29, 1.82) is 0 Å². The lowest BCUT2D eigenvalue weighted by atomic mass is 9.90. The predicted molar refractivity (Wildman–Crippen MR) is 72.1 cm³/mol. The number of hydrogen-bond acceptors (Lipinski definition) is 2. The Bertz CT molecular complexity index is 310. The van der Waals surface area contributed by atoms with Crippen LogP contribution in [0.15, 0.2) is 0 Å². The van der Waals surface area contributed by atoms with Gasteiger partial charge in [0.05, 0.1) is 0 Å². The number of carbonyl (C=O) groups is 1. The Morgan fingerprint density at radius 2 is 2.12 bits per heavy atom. The van der Waals surface area contributed by atoms with E-state index in [-0.39, 0.29) is 23.7 Å². The summed E-state index contributed by atoms with van der Waals surface area (Å²) in [5, 5.41) is 0. The summed E-state index contributed by atoms with van der Waals surface area (Å²) in [6, 6.07) is 0. The average molecular weight is 261 g/mol. The van der Waals surface area contributed by atoms with Gasteiger partial charge < -0.3 is 10.6 Å². The van der Waals surface area contributed by atoms with Gasteiger partial charge in [-0.2, -0.15) is 0 Å². The minimum absolute atomic E-state index is 0. The Morgan fingerprint density at radius 3 is 2.53 bits per heavy atom. The summed E-state index contributed by atoms with van der Waals surface area (Å²) >= 11 is 0. The van der Waals surface area contributed by atoms with Gasteiger partial charge in [0.1, 0.15) is 0 Å². The number of rotatable bonds is 3. The van der Waals surface area contributed by atoms with Crippen LogP contribution in [0.25, 0.3) is 0 Å². The number of hydrogen-bond donors (Lipinski definition) is 1. The van der Waals surface area contributed by atoms with Crippen LogP contribution in [0.5, 0.6) is 0 Å². The highest BCUT2D eigenvalue weighted by Crippen LogP contribution is 2.55. The molecule has 17 heavy (non-hydrogen) atoms. The van der Waals surface area contributed by atoms with Crippen LogP contribution in [0, 0.1) is 16.7 Å². The third-order valence-electron chi connectivity index (χ3n) is 4.82.